The van der Waals surface area contributed by atoms with Crippen molar-refractivity contribution in [2.24, 2.45) is 11.7 Å². The molecule has 2 unspecified atom stereocenters. The summed E-state index contributed by atoms with van der Waals surface area (Å²) in [6.07, 6.45) is 4.31. The van der Waals surface area contributed by atoms with E-state index in [0.717, 1.165) is 32.1 Å². The highest BCUT2D eigenvalue weighted by Gasteiger charge is 2.24. The number of carbonyl (C=O) groups is 2. The molecule has 0 aromatic heterocycles. The van der Waals surface area contributed by atoms with Crippen LogP contribution in [0.2, 0.25) is 0 Å². The summed E-state index contributed by atoms with van der Waals surface area (Å²) < 4.78 is 0. The fourth-order valence-corrected chi connectivity index (χ4v) is 1.95. The summed E-state index contributed by atoms with van der Waals surface area (Å²) in [5, 5.41) is 5.63. The molecule has 0 spiro atoms. The van der Waals surface area contributed by atoms with E-state index in [4.69, 9.17) is 5.73 Å². The van der Waals surface area contributed by atoms with Crippen LogP contribution in [0, 0.1) is 5.92 Å². The standard InChI is InChI=1S/C12H23N3O2/c1-9(5-4-7-13)11(16)15-10-6-2-3-8-14-12(10)17/h9-10H,2-8,13H2,1H3,(H,14,17)(H,15,16). The molecule has 98 valence electrons. The fourth-order valence-electron chi connectivity index (χ4n) is 1.95. The van der Waals surface area contributed by atoms with Crippen LogP contribution >= 0.6 is 0 Å². The Bertz CT molecular complexity index is 268. The minimum absolute atomic E-state index is 0.0412. The van der Waals surface area contributed by atoms with Crippen molar-refractivity contribution in [1.82, 2.24) is 10.6 Å². The van der Waals surface area contributed by atoms with E-state index >= 15 is 0 Å². The summed E-state index contributed by atoms with van der Waals surface area (Å²) in [7, 11) is 0. The zero-order valence-corrected chi connectivity index (χ0v) is 10.5. The van der Waals surface area contributed by atoms with E-state index in [1.54, 1.807) is 0 Å². The zero-order valence-electron chi connectivity index (χ0n) is 10.5. The molecule has 2 amide bonds. The summed E-state index contributed by atoms with van der Waals surface area (Å²) in [5.41, 5.74) is 5.41. The fraction of sp³-hybridized carbons (Fsp3) is 0.833. The minimum atomic E-state index is -0.356. The Morgan fingerprint density at radius 2 is 2.35 bits per heavy atom. The van der Waals surface area contributed by atoms with Crippen LogP contribution in [0.5, 0.6) is 0 Å². The largest absolute Gasteiger partial charge is 0.354 e. The first kappa shape index (κ1) is 14.0. The van der Waals surface area contributed by atoms with Gasteiger partial charge in [-0.3, -0.25) is 9.59 Å². The summed E-state index contributed by atoms with van der Waals surface area (Å²) in [4.78, 5) is 23.5. The maximum atomic E-state index is 11.8. The molecule has 1 saturated heterocycles. The third-order valence-corrected chi connectivity index (χ3v) is 3.14. The van der Waals surface area contributed by atoms with Crippen molar-refractivity contribution in [3.8, 4) is 0 Å². The molecule has 0 aliphatic carbocycles. The topological polar surface area (TPSA) is 84.2 Å². The first-order chi connectivity index (χ1) is 8.15. The van der Waals surface area contributed by atoms with Gasteiger partial charge < -0.3 is 16.4 Å². The van der Waals surface area contributed by atoms with Crippen molar-refractivity contribution < 1.29 is 9.59 Å². The van der Waals surface area contributed by atoms with Crippen molar-refractivity contribution >= 4 is 11.8 Å². The van der Waals surface area contributed by atoms with Gasteiger partial charge >= 0.3 is 0 Å². The molecule has 0 aromatic carbocycles. The second-order valence-electron chi connectivity index (χ2n) is 4.68. The molecule has 0 radical (unpaired) electrons. The molecule has 0 aromatic rings. The molecule has 1 aliphatic heterocycles. The quantitative estimate of drug-likeness (QED) is 0.640. The highest BCUT2D eigenvalue weighted by molar-refractivity contribution is 5.88. The molecule has 0 bridgehead atoms. The van der Waals surface area contributed by atoms with Crippen LogP contribution in [0.15, 0.2) is 0 Å². The summed E-state index contributed by atoms with van der Waals surface area (Å²) >= 11 is 0. The summed E-state index contributed by atoms with van der Waals surface area (Å²) in [6.45, 7) is 3.19. The van der Waals surface area contributed by atoms with E-state index in [0.29, 0.717) is 13.1 Å². The Morgan fingerprint density at radius 3 is 3.06 bits per heavy atom. The number of rotatable bonds is 5. The molecule has 1 rings (SSSR count). The SMILES string of the molecule is CC(CCCN)C(=O)NC1CCCCNC1=O. The average molecular weight is 241 g/mol. The van der Waals surface area contributed by atoms with Gasteiger partial charge in [-0.05, 0) is 38.6 Å². The number of amides is 2. The second kappa shape index (κ2) is 7.27. The van der Waals surface area contributed by atoms with Crippen LogP contribution in [0.1, 0.15) is 39.0 Å². The van der Waals surface area contributed by atoms with Crippen molar-refractivity contribution in [3.63, 3.8) is 0 Å². The van der Waals surface area contributed by atoms with Crippen molar-refractivity contribution in [1.29, 1.82) is 0 Å². The average Bonchev–Trinajstić information content (AvgIpc) is 2.52. The van der Waals surface area contributed by atoms with Gasteiger partial charge in [0, 0.05) is 12.5 Å². The maximum Gasteiger partial charge on any atom is 0.242 e. The molecule has 1 aliphatic rings. The smallest absolute Gasteiger partial charge is 0.242 e. The van der Waals surface area contributed by atoms with Gasteiger partial charge in [0.25, 0.3) is 0 Å². The van der Waals surface area contributed by atoms with Crippen molar-refractivity contribution in [2.75, 3.05) is 13.1 Å². The van der Waals surface area contributed by atoms with E-state index in [9.17, 15) is 9.59 Å². The molecular formula is C12H23N3O2. The Labute approximate surface area is 103 Å². The van der Waals surface area contributed by atoms with Crippen LogP contribution in [0.25, 0.3) is 0 Å². The third kappa shape index (κ3) is 4.73. The summed E-state index contributed by atoms with van der Waals surface area (Å²) in [5.74, 6) is -0.169. The lowest BCUT2D eigenvalue weighted by atomic mass is 10.0. The Balaban J connectivity index is 2.40. The first-order valence-electron chi connectivity index (χ1n) is 6.43. The highest BCUT2D eigenvalue weighted by Crippen LogP contribution is 2.09. The number of hydrogen-bond donors (Lipinski definition) is 3. The second-order valence-corrected chi connectivity index (χ2v) is 4.68. The number of carbonyl (C=O) groups excluding carboxylic acids is 2. The van der Waals surface area contributed by atoms with Crippen LogP contribution < -0.4 is 16.4 Å². The van der Waals surface area contributed by atoms with Crippen molar-refractivity contribution in [3.05, 3.63) is 0 Å². The van der Waals surface area contributed by atoms with Gasteiger partial charge in [0.1, 0.15) is 6.04 Å². The monoisotopic (exact) mass is 241 g/mol. The third-order valence-electron chi connectivity index (χ3n) is 3.14. The molecular weight excluding hydrogens is 218 g/mol. The zero-order chi connectivity index (χ0) is 12.7. The van der Waals surface area contributed by atoms with Gasteiger partial charge in [-0.25, -0.2) is 0 Å². The molecule has 4 N–H and O–H groups in total. The van der Waals surface area contributed by atoms with E-state index < -0.39 is 0 Å². The highest BCUT2D eigenvalue weighted by atomic mass is 16.2. The van der Waals surface area contributed by atoms with Crippen LogP contribution in [-0.4, -0.2) is 30.9 Å². The molecule has 1 fully saturated rings. The lowest BCUT2D eigenvalue weighted by molar-refractivity contribution is -0.130. The molecule has 0 saturated carbocycles. The Morgan fingerprint density at radius 1 is 1.59 bits per heavy atom. The predicted molar refractivity (Wildman–Crippen MR) is 66.2 cm³/mol. The van der Waals surface area contributed by atoms with Gasteiger partial charge in [0.05, 0.1) is 0 Å². The van der Waals surface area contributed by atoms with Gasteiger partial charge in [0.15, 0.2) is 0 Å². The van der Waals surface area contributed by atoms with Gasteiger partial charge in [-0.1, -0.05) is 6.92 Å². The summed E-state index contributed by atoms with van der Waals surface area (Å²) in [6, 6.07) is -0.356. The lowest BCUT2D eigenvalue weighted by Crippen LogP contribution is -2.47. The molecule has 5 nitrogen and oxygen atoms in total. The number of hydrogen-bond acceptors (Lipinski definition) is 3. The number of nitrogens with two attached hydrogens (primary N) is 1. The van der Waals surface area contributed by atoms with Crippen molar-refractivity contribution in [2.45, 2.75) is 45.1 Å². The molecule has 1 heterocycles. The minimum Gasteiger partial charge on any atom is -0.354 e. The predicted octanol–water partition coefficient (Wildman–Crippen LogP) is 0.146. The molecule has 17 heavy (non-hydrogen) atoms. The van der Waals surface area contributed by atoms with E-state index in [1.165, 1.54) is 0 Å². The van der Waals surface area contributed by atoms with E-state index in [1.807, 2.05) is 6.92 Å². The van der Waals surface area contributed by atoms with Crippen LogP contribution in [0.3, 0.4) is 0 Å². The molecule has 5 heteroatoms. The maximum absolute atomic E-state index is 11.8. The normalized spacial score (nSPS) is 22.5. The number of nitrogens with one attached hydrogen (secondary N) is 2. The van der Waals surface area contributed by atoms with Gasteiger partial charge in [-0.15, -0.1) is 0 Å². The lowest BCUT2D eigenvalue weighted by Gasteiger charge is -2.18. The van der Waals surface area contributed by atoms with Crippen LogP contribution in [-0.2, 0) is 9.59 Å². The van der Waals surface area contributed by atoms with E-state index in [2.05, 4.69) is 10.6 Å². The Hall–Kier alpha value is -1.10. The van der Waals surface area contributed by atoms with Gasteiger partial charge in [0.2, 0.25) is 11.8 Å². The Kier molecular flexibility index (Phi) is 5.97. The molecule has 2 atom stereocenters. The van der Waals surface area contributed by atoms with E-state index in [-0.39, 0.29) is 23.8 Å². The first-order valence-corrected chi connectivity index (χ1v) is 6.43. The van der Waals surface area contributed by atoms with Crippen LogP contribution in [0.4, 0.5) is 0 Å². The van der Waals surface area contributed by atoms with Gasteiger partial charge in [-0.2, -0.15) is 0 Å².